The van der Waals surface area contributed by atoms with Gasteiger partial charge in [0, 0.05) is 23.1 Å². The molecule has 1 aromatic carbocycles. The highest BCUT2D eigenvalue weighted by Crippen LogP contribution is 2.24. The first-order chi connectivity index (χ1) is 11.1. The molecule has 23 heavy (non-hydrogen) atoms. The van der Waals surface area contributed by atoms with Crippen molar-refractivity contribution < 1.29 is 9.34 Å². The first-order valence-electron chi connectivity index (χ1n) is 6.36. The van der Waals surface area contributed by atoms with Crippen molar-refractivity contribution in [2.75, 3.05) is 5.43 Å². The Kier molecular flexibility index (Phi) is 4.35. The summed E-state index contributed by atoms with van der Waals surface area (Å²) in [6, 6.07) is 9.64. The molecule has 9 heteroatoms. The Morgan fingerprint density at radius 3 is 2.74 bits per heavy atom. The van der Waals surface area contributed by atoms with Crippen LogP contribution < -0.4 is 5.43 Å². The van der Waals surface area contributed by atoms with E-state index in [1.165, 1.54) is 29.7 Å². The zero-order valence-corrected chi connectivity index (χ0v) is 13.0. The van der Waals surface area contributed by atoms with E-state index in [1.807, 2.05) is 0 Å². The maximum Gasteiger partial charge on any atom is 0.269 e. The van der Waals surface area contributed by atoms with Gasteiger partial charge in [-0.15, -0.1) is 11.3 Å². The van der Waals surface area contributed by atoms with Crippen LogP contribution in [0, 0.1) is 10.1 Å². The number of benzene rings is 1. The molecule has 0 fully saturated rings. The summed E-state index contributed by atoms with van der Waals surface area (Å²) in [4.78, 5) is 14.2. The lowest BCUT2D eigenvalue weighted by Crippen LogP contribution is -1.88. The second-order valence-corrected chi connectivity index (χ2v) is 5.60. The van der Waals surface area contributed by atoms with E-state index in [4.69, 9.17) is 16.0 Å². The topological polar surface area (TPSA) is 93.6 Å². The van der Waals surface area contributed by atoms with Gasteiger partial charge in [0.25, 0.3) is 5.69 Å². The zero-order valence-electron chi connectivity index (χ0n) is 11.5. The van der Waals surface area contributed by atoms with Crippen molar-refractivity contribution in [3.05, 3.63) is 62.8 Å². The molecule has 0 saturated heterocycles. The van der Waals surface area contributed by atoms with Gasteiger partial charge in [0.1, 0.15) is 16.7 Å². The van der Waals surface area contributed by atoms with E-state index in [-0.39, 0.29) is 5.69 Å². The quantitative estimate of drug-likeness (QED) is 0.418. The minimum atomic E-state index is -0.444. The number of hydrazone groups is 1. The highest BCUT2D eigenvalue weighted by molar-refractivity contribution is 7.14. The number of aromatic nitrogens is 1. The van der Waals surface area contributed by atoms with Crippen LogP contribution in [0.1, 0.15) is 5.76 Å². The number of nitro groups is 1. The molecule has 0 amide bonds. The SMILES string of the molecule is O=[N+]([O-])c1ccc(-c2ccc(C=NNc3nc(Cl)cs3)o2)cc1. The van der Waals surface area contributed by atoms with Crippen LogP contribution in [0.25, 0.3) is 11.3 Å². The van der Waals surface area contributed by atoms with E-state index < -0.39 is 4.92 Å². The number of nitro benzene ring substituents is 1. The number of rotatable bonds is 5. The minimum absolute atomic E-state index is 0.0356. The van der Waals surface area contributed by atoms with Crippen LogP contribution in [0.15, 0.2) is 51.3 Å². The lowest BCUT2D eigenvalue weighted by atomic mass is 10.1. The Hall–Kier alpha value is -2.71. The molecule has 0 atom stereocenters. The fourth-order valence-corrected chi connectivity index (χ4v) is 2.57. The molecule has 1 N–H and O–H groups in total. The Bertz CT molecular complexity index is 857. The second kappa shape index (κ2) is 6.59. The van der Waals surface area contributed by atoms with Gasteiger partial charge in [-0.05, 0) is 24.3 Å². The van der Waals surface area contributed by atoms with Crippen LogP contribution in [0.3, 0.4) is 0 Å². The Balaban J connectivity index is 1.68. The van der Waals surface area contributed by atoms with Gasteiger partial charge >= 0.3 is 0 Å². The highest BCUT2D eigenvalue weighted by Gasteiger charge is 2.07. The van der Waals surface area contributed by atoms with E-state index in [2.05, 4.69) is 15.5 Å². The predicted octanol–water partition coefficient (Wildman–Crippen LogP) is 4.41. The standard InChI is InChI=1S/C14H9ClN4O3S/c15-13-8-23-14(17-13)18-16-7-11-5-6-12(22-11)9-1-3-10(4-2-9)19(20)21/h1-8H,(H,17,18). The summed E-state index contributed by atoms with van der Waals surface area (Å²) in [7, 11) is 0. The third-order valence-corrected chi connectivity index (χ3v) is 3.89. The number of non-ortho nitro benzene ring substituents is 1. The molecule has 0 bridgehead atoms. The van der Waals surface area contributed by atoms with Gasteiger partial charge in [0.05, 0.1) is 11.1 Å². The van der Waals surface area contributed by atoms with Gasteiger partial charge in [0.2, 0.25) is 5.13 Å². The summed E-state index contributed by atoms with van der Waals surface area (Å²) in [5.74, 6) is 1.13. The molecule has 2 aromatic heterocycles. The highest BCUT2D eigenvalue weighted by atomic mass is 35.5. The molecule has 3 rings (SSSR count). The maximum absolute atomic E-state index is 10.6. The fraction of sp³-hybridized carbons (Fsp3) is 0. The summed E-state index contributed by atoms with van der Waals surface area (Å²) < 4.78 is 5.61. The van der Waals surface area contributed by atoms with Crippen molar-refractivity contribution in [2.45, 2.75) is 0 Å². The third kappa shape index (κ3) is 3.74. The number of nitrogens with zero attached hydrogens (tertiary/aromatic N) is 3. The molecule has 0 aliphatic heterocycles. The zero-order chi connectivity index (χ0) is 16.2. The molecule has 7 nitrogen and oxygen atoms in total. The van der Waals surface area contributed by atoms with Gasteiger partial charge in [-0.1, -0.05) is 11.6 Å². The molecule has 0 aliphatic rings. The summed E-state index contributed by atoms with van der Waals surface area (Å²) in [6.45, 7) is 0. The molecule has 0 saturated carbocycles. The van der Waals surface area contributed by atoms with Gasteiger partial charge in [0.15, 0.2) is 0 Å². The Labute approximate surface area is 139 Å². The van der Waals surface area contributed by atoms with Crippen LogP contribution in [0.5, 0.6) is 0 Å². The average molecular weight is 349 g/mol. The fourth-order valence-electron chi connectivity index (χ4n) is 1.78. The van der Waals surface area contributed by atoms with Crippen molar-refractivity contribution in [1.29, 1.82) is 0 Å². The van der Waals surface area contributed by atoms with Gasteiger partial charge < -0.3 is 4.42 Å². The molecule has 2 heterocycles. The second-order valence-electron chi connectivity index (χ2n) is 4.35. The van der Waals surface area contributed by atoms with Crippen LogP contribution in [0.2, 0.25) is 5.15 Å². The minimum Gasteiger partial charge on any atom is -0.455 e. The van der Waals surface area contributed by atoms with Crippen molar-refractivity contribution in [3.8, 4) is 11.3 Å². The lowest BCUT2D eigenvalue weighted by Gasteiger charge is -1.96. The monoisotopic (exact) mass is 348 g/mol. The number of nitrogens with one attached hydrogen (secondary N) is 1. The summed E-state index contributed by atoms with van der Waals surface area (Å²) >= 11 is 7.04. The lowest BCUT2D eigenvalue weighted by molar-refractivity contribution is -0.384. The number of furan rings is 1. The van der Waals surface area contributed by atoms with E-state index in [0.717, 1.165) is 5.56 Å². The number of halogens is 1. The van der Waals surface area contributed by atoms with E-state index >= 15 is 0 Å². The predicted molar refractivity (Wildman–Crippen MR) is 89.1 cm³/mol. The van der Waals surface area contributed by atoms with Crippen LogP contribution in [-0.2, 0) is 0 Å². The molecule has 3 aromatic rings. The van der Waals surface area contributed by atoms with Crippen molar-refractivity contribution in [2.24, 2.45) is 5.10 Å². The Morgan fingerprint density at radius 1 is 1.30 bits per heavy atom. The molecule has 116 valence electrons. The van der Waals surface area contributed by atoms with E-state index in [1.54, 1.807) is 29.6 Å². The molecular weight excluding hydrogens is 340 g/mol. The van der Waals surface area contributed by atoms with Gasteiger partial charge in [-0.2, -0.15) is 5.10 Å². The van der Waals surface area contributed by atoms with Gasteiger partial charge in [-0.3, -0.25) is 15.5 Å². The smallest absolute Gasteiger partial charge is 0.269 e. The van der Waals surface area contributed by atoms with Crippen molar-refractivity contribution in [3.63, 3.8) is 0 Å². The Morgan fingerprint density at radius 2 is 2.09 bits per heavy atom. The van der Waals surface area contributed by atoms with Gasteiger partial charge in [-0.25, -0.2) is 4.98 Å². The molecule has 0 unspecified atom stereocenters. The first kappa shape index (κ1) is 15.2. The van der Waals surface area contributed by atoms with E-state index in [9.17, 15) is 10.1 Å². The van der Waals surface area contributed by atoms with Crippen molar-refractivity contribution in [1.82, 2.24) is 4.98 Å². The summed E-state index contributed by atoms with van der Waals surface area (Å²) in [5.41, 5.74) is 3.52. The maximum atomic E-state index is 10.6. The largest absolute Gasteiger partial charge is 0.455 e. The van der Waals surface area contributed by atoms with E-state index in [0.29, 0.717) is 21.8 Å². The first-order valence-corrected chi connectivity index (χ1v) is 7.62. The van der Waals surface area contributed by atoms with Crippen molar-refractivity contribution >= 4 is 40.0 Å². The third-order valence-electron chi connectivity index (χ3n) is 2.82. The number of anilines is 1. The summed E-state index contributed by atoms with van der Waals surface area (Å²) in [5, 5.41) is 17.3. The van der Waals surface area contributed by atoms with Crippen LogP contribution in [-0.4, -0.2) is 16.1 Å². The van der Waals surface area contributed by atoms with Crippen LogP contribution >= 0.6 is 22.9 Å². The number of hydrogen-bond donors (Lipinski definition) is 1. The molecule has 0 radical (unpaired) electrons. The number of thiazole rings is 1. The summed E-state index contributed by atoms with van der Waals surface area (Å²) in [6.07, 6.45) is 1.50. The average Bonchev–Trinajstić information content (AvgIpc) is 3.17. The molecule has 0 aliphatic carbocycles. The number of hydrogen-bond acceptors (Lipinski definition) is 7. The van der Waals surface area contributed by atoms with Crippen LogP contribution in [0.4, 0.5) is 10.8 Å². The normalized spacial score (nSPS) is 11.0. The molecular formula is C14H9ClN4O3S. The molecule has 0 spiro atoms.